The topological polar surface area (TPSA) is 56.8 Å². The molecule has 1 N–H and O–H groups in total. The molecule has 0 radical (unpaired) electrons. The predicted molar refractivity (Wildman–Crippen MR) is 63.8 cm³/mol. The Hall–Kier alpha value is -0.650. The lowest BCUT2D eigenvalue weighted by atomic mass is 10.0. The second kappa shape index (κ2) is 6.33. The van der Waals surface area contributed by atoms with Gasteiger partial charge in [-0.3, -0.25) is 4.79 Å². The molecule has 0 aromatic carbocycles. The number of hydrogen-bond donors (Lipinski definition) is 1. The van der Waals surface area contributed by atoms with E-state index in [4.69, 9.17) is 14.2 Å². The first-order chi connectivity index (χ1) is 8.00. The van der Waals surface area contributed by atoms with Crippen LogP contribution in [0.4, 0.5) is 0 Å². The quantitative estimate of drug-likeness (QED) is 0.694. The van der Waals surface area contributed by atoms with E-state index in [0.717, 1.165) is 0 Å². The van der Waals surface area contributed by atoms with E-state index in [-0.39, 0.29) is 23.5 Å². The van der Waals surface area contributed by atoms with Gasteiger partial charge in [-0.05, 0) is 20.9 Å². The molecule has 1 rings (SSSR count). The lowest BCUT2D eigenvalue weighted by molar-refractivity contribution is -0.150. The van der Waals surface area contributed by atoms with E-state index in [1.54, 1.807) is 7.11 Å². The maximum Gasteiger partial charge on any atom is 0.312 e. The molecular formula is C12H23NO4. The third-order valence-electron chi connectivity index (χ3n) is 3.26. The maximum atomic E-state index is 11.8. The van der Waals surface area contributed by atoms with Crippen LogP contribution in [0.1, 0.15) is 20.3 Å². The van der Waals surface area contributed by atoms with Gasteiger partial charge in [0, 0.05) is 19.6 Å². The van der Waals surface area contributed by atoms with Gasteiger partial charge in [-0.15, -0.1) is 0 Å². The molecule has 0 bridgehead atoms. The molecule has 1 saturated heterocycles. The Morgan fingerprint density at radius 2 is 2.18 bits per heavy atom. The van der Waals surface area contributed by atoms with Gasteiger partial charge < -0.3 is 19.5 Å². The van der Waals surface area contributed by atoms with Crippen molar-refractivity contribution in [1.82, 2.24) is 5.32 Å². The Labute approximate surface area is 103 Å². The van der Waals surface area contributed by atoms with Crippen LogP contribution < -0.4 is 5.32 Å². The van der Waals surface area contributed by atoms with Crippen LogP contribution in [-0.2, 0) is 19.0 Å². The van der Waals surface area contributed by atoms with E-state index in [9.17, 15) is 4.79 Å². The summed E-state index contributed by atoms with van der Waals surface area (Å²) < 4.78 is 15.8. The highest BCUT2D eigenvalue weighted by Gasteiger charge is 2.34. The van der Waals surface area contributed by atoms with Crippen LogP contribution in [-0.4, -0.2) is 51.6 Å². The lowest BCUT2D eigenvalue weighted by Gasteiger charge is -2.23. The highest BCUT2D eigenvalue weighted by atomic mass is 16.5. The van der Waals surface area contributed by atoms with Crippen LogP contribution in [0.15, 0.2) is 0 Å². The number of carbonyl (C=O) groups excluding carboxylic acids is 1. The first-order valence-electron chi connectivity index (χ1n) is 5.97. The summed E-state index contributed by atoms with van der Waals surface area (Å²) in [4.78, 5) is 11.8. The zero-order valence-electron chi connectivity index (χ0n) is 11.1. The van der Waals surface area contributed by atoms with Crippen LogP contribution in [0.3, 0.4) is 0 Å². The van der Waals surface area contributed by atoms with Gasteiger partial charge in [-0.25, -0.2) is 0 Å². The first kappa shape index (κ1) is 14.4. The van der Waals surface area contributed by atoms with Gasteiger partial charge in [0.05, 0.1) is 31.3 Å². The summed E-state index contributed by atoms with van der Waals surface area (Å²) in [7, 11) is 3.48. The molecule has 0 aromatic rings. The standard InChI is InChI=1S/C12H23NO4/c1-12(2,15-4)5-6-17-11(14)9-7-16-8-10(9)13-3/h9-10,13H,5-8H2,1-4H3. The fourth-order valence-corrected chi connectivity index (χ4v) is 1.68. The summed E-state index contributed by atoms with van der Waals surface area (Å²) in [5, 5.41) is 3.06. The van der Waals surface area contributed by atoms with Crippen LogP contribution in [0, 0.1) is 5.92 Å². The van der Waals surface area contributed by atoms with E-state index in [1.807, 2.05) is 20.9 Å². The smallest absolute Gasteiger partial charge is 0.312 e. The zero-order chi connectivity index (χ0) is 12.9. The molecule has 0 spiro atoms. The summed E-state index contributed by atoms with van der Waals surface area (Å²) in [5.74, 6) is -0.376. The number of esters is 1. The van der Waals surface area contributed by atoms with Crippen LogP contribution in [0.2, 0.25) is 0 Å². The molecule has 1 aliphatic heterocycles. The number of hydrogen-bond acceptors (Lipinski definition) is 5. The Kier molecular flexibility index (Phi) is 5.36. The fourth-order valence-electron chi connectivity index (χ4n) is 1.68. The number of carbonyl (C=O) groups is 1. The second-order valence-corrected chi connectivity index (χ2v) is 4.92. The lowest BCUT2D eigenvalue weighted by Crippen LogP contribution is -2.38. The van der Waals surface area contributed by atoms with Crippen molar-refractivity contribution < 1.29 is 19.0 Å². The molecule has 5 heteroatoms. The molecule has 1 heterocycles. The van der Waals surface area contributed by atoms with Crippen molar-refractivity contribution >= 4 is 5.97 Å². The van der Waals surface area contributed by atoms with Gasteiger partial charge in [0.2, 0.25) is 0 Å². The monoisotopic (exact) mass is 245 g/mol. The molecule has 2 atom stereocenters. The van der Waals surface area contributed by atoms with Crippen molar-refractivity contribution in [3.05, 3.63) is 0 Å². The molecule has 0 aromatic heterocycles. The molecule has 5 nitrogen and oxygen atoms in total. The number of ether oxygens (including phenoxy) is 3. The first-order valence-corrected chi connectivity index (χ1v) is 5.97. The highest BCUT2D eigenvalue weighted by molar-refractivity contribution is 5.73. The SMILES string of the molecule is CNC1COCC1C(=O)OCCC(C)(C)OC. The minimum atomic E-state index is -0.255. The number of likely N-dealkylation sites (N-methyl/N-ethyl adjacent to an activating group) is 1. The van der Waals surface area contributed by atoms with Crippen molar-refractivity contribution in [1.29, 1.82) is 0 Å². The van der Waals surface area contributed by atoms with Crippen LogP contribution in [0.5, 0.6) is 0 Å². The van der Waals surface area contributed by atoms with Gasteiger partial charge in [0.25, 0.3) is 0 Å². The number of rotatable bonds is 6. The van der Waals surface area contributed by atoms with E-state index in [2.05, 4.69) is 5.32 Å². The fraction of sp³-hybridized carbons (Fsp3) is 0.917. The Bertz CT molecular complexity index is 255. The van der Waals surface area contributed by atoms with Gasteiger partial charge >= 0.3 is 5.97 Å². The van der Waals surface area contributed by atoms with E-state index >= 15 is 0 Å². The minimum absolute atomic E-state index is 0.0675. The summed E-state index contributed by atoms with van der Waals surface area (Å²) >= 11 is 0. The molecule has 0 amide bonds. The summed E-state index contributed by atoms with van der Waals surface area (Å²) in [6.07, 6.45) is 0.688. The summed E-state index contributed by atoms with van der Waals surface area (Å²) in [5.41, 5.74) is -0.255. The van der Waals surface area contributed by atoms with Gasteiger partial charge in [-0.2, -0.15) is 0 Å². The minimum Gasteiger partial charge on any atom is -0.465 e. The average Bonchev–Trinajstić information content (AvgIpc) is 2.76. The molecular weight excluding hydrogens is 222 g/mol. The third kappa shape index (κ3) is 4.26. The molecule has 1 aliphatic rings. The van der Waals surface area contributed by atoms with E-state index in [0.29, 0.717) is 26.2 Å². The van der Waals surface area contributed by atoms with Crippen molar-refractivity contribution in [2.45, 2.75) is 31.9 Å². The Morgan fingerprint density at radius 1 is 1.47 bits per heavy atom. The Morgan fingerprint density at radius 3 is 2.76 bits per heavy atom. The summed E-state index contributed by atoms with van der Waals surface area (Å²) in [6.45, 7) is 5.33. The molecule has 2 unspecified atom stereocenters. The predicted octanol–water partition coefficient (Wildman–Crippen LogP) is 0.579. The van der Waals surface area contributed by atoms with Crippen molar-refractivity contribution in [2.24, 2.45) is 5.92 Å². The number of methoxy groups -OCH3 is 1. The average molecular weight is 245 g/mol. The molecule has 0 aliphatic carbocycles. The molecule has 1 fully saturated rings. The van der Waals surface area contributed by atoms with Crippen molar-refractivity contribution in [3.63, 3.8) is 0 Å². The van der Waals surface area contributed by atoms with Crippen LogP contribution >= 0.6 is 0 Å². The summed E-state index contributed by atoms with van der Waals surface area (Å²) in [6, 6.07) is 0.0675. The Balaban J connectivity index is 2.30. The van der Waals surface area contributed by atoms with E-state index in [1.165, 1.54) is 0 Å². The van der Waals surface area contributed by atoms with Gasteiger partial charge in [0.15, 0.2) is 0 Å². The molecule has 100 valence electrons. The number of nitrogens with one attached hydrogen (secondary N) is 1. The second-order valence-electron chi connectivity index (χ2n) is 4.92. The third-order valence-corrected chi connectivity index (χ3v) is 3.26. The van der Waals surface area contributed by atoms with Gasteiger partial charge in [-0.1, -0.05) is 0 Å². The normalized spacial score (nSPS) is 24.9. The maximum absolute atomic E-state index is 11.8. The van der Waals surface area contributed by atoms with Crippen LogP contribution in [0.25, 0.3) is 0 Å². The molecule has 0 saturated carbocycles. The van der Waals surface area contributed by atoms with Crippen molar-refractivity contribution in [3.8, 4) is 0 Å². The van der Waals surface area contributed by atoms with E-state index < -0.39 is 0 Å². The largest absolute Gasteiger partial charge is 0.465 e. The zero-order valence-corrected chi connectivity index (χ0v) is 11.1. The molecule has 17 heavy (non-hydrogen) atoms. The highest BCUT2D eigenvalue weighted by Crippen LogP contribution is 2.17. The van der Waals surface area contributed by atoms with Gasteiger partial charge in [0.1, 0.15) is 0 Å². The van der Waals surface area contributed by atoms with Crippen molar-refractivity contribution in [2.75, 3.05) is 34.0 Å².